The van der Waals surface area contributed by atoms with Crippen molar-refractivity contribution in [3.8, 4) is 0 Å². The lowest BCUT2D eigenvalue weighted by Gasteiger charge is -2.18. The van der Waals surface area contributed by atoms with Crippen LogP contribution in [0.4, 0.5) is 0 Å². The molecule has 0 saturated heterocycles. The van der Waals surface area contributed by atoms with Crippen molar-refractivity contribution in [2.45, 2.75) is 27.3 Å². The number of hydrogen-bond donors (Lipinski definition) is 0. The van der Waals surface area contributed by atoms with E-state index in [1.54, 1.807) is 34.4 Å². The van der Waals surface area contributed by atoms with Gasteiger partial charge in [-0.3, -0.25) is 9.36 Å². The number of nitrogens with zero attached hydrogens (tertiary/aromatic N) is 3. The summed E-state index contributed by atoms with van der Waals surface area (Å²) in [4.78, 5) is 15.2. The van der Waals surface area contributed by atoms with Gasteiger partial charge in [0.25, 0.3) is 10.6 Å². The van der Waals surface area contributed by atoms with Crippen molar-refractivity contribution >= 4 is 56.8 Å². The molecule has 4 nitrogen and oxygen atoms in total. The van der Waals surface area contributed by atoms with Crippen LogP contribution in [0.1, 0.15) is 25.8 Å². The summed E-state index contributed by atoms with van der Waals surface area (Å²) in [5.74, 6) is 0. The third kappa shape index (κ3) is 3.74. The van der Waals surface area contributed by atoms with Gasteiger partial charge in [0.2, 0.25) is 5.52 Å². The molecule has 3 heterocycles. The molecule has 29 heavy (non-hydrogen) atoms. The van der Waals surface area contributed by atoms with Crippen LogP contribution >= 0.6 is 34.4 Å². The maximum absolute atomic E-state index is 12.9. The molecule has 0 N–H and O–H groups in total. The van der Waals surface area contributed by atoms with Crippen LogP contribution < -0.4 is 19.3 Å². The van der Waals surface area contributed by atoms with Crippen LogP contribution in [0.3, 0.4) is 0 Å². The summed E-state index contributed by atoms with van der Waals surface area (Å²) < 4.78 is 7.07. The highest BCUT2D eigenvalue weighted by molar-refractivity contribution is 8.06. The summed E-state index contributed by atoms with van der Waals surface area (Å²) in [6.07, 6.45) is 6.18. The summed E-state index contributed by atoms with van der Waals surface area (Å²) in [5.41, 5.74) is 2.55. The molecule has 0 fully saturated rings. The van der Waals surface area contributed by atoms with Gasteiger partial charge in [-0.05, 0) is 44.4 Å². The largest absolute Gasteiger partial charge is 0.340 e. The fourth-order valence-corrected chi connectivity index (χ4v) is 6.62. The van der Waals surface area contributed by atoms with Gasteiger partial charge < -0.3 is 4.90 Å². The minimum absolute atomic E-state index is 0.0834. The minimum Gasteiger partial charge on any atom is -0.340 e. The quantitative estimate of drug-likeness (QED) is 0.581. The highest BCUT2D eigenvalue weighted by Crippen LogP contribution is 2.33. The molecule has 0 atom stereocenters. The van der Waals surface area contributed by atoms with E-state index in [-0.39, 0.29) is 5.56 Å². The van der Waals surface area contributed by atoms with Gasteiger partial charge in [-0.15, -0.1) is 11.3 Å². The maximum atomic E-state index is 12.9. The summed E-state index contributed by atoms with van der Waals surface area (Å²) in [5, 5.41) is 4.47. The second kappa shape index (κ2) is 8.34. The topological polar surface area (TPSA) is 29.1 Å². The Morgan fingerprint density at radius 1 is 1.10 bits per heavy atom. The van der Waals surface area contributed by atoms with Gasteiger partial charge in [-0.25, -0.2) is 0 Å². The summed E-state index contributed by atoms with van der Waals surface area (Å²) in [7, 11) is 2.08. The average Bonchev–Trinajstić information content (AvgIpc) is 3.34. The number of rotatable bonds is 4. The SMILES string of the molecule is CCN1C(C)=CS/C1=C\C=c1\s/c(=C/c2sc3ccccc3[n+]2C)n(CC)c1=O. The molecule has 0 radical (unpaired) electrons. The highest BCUT2D eigenvalue weighted by atomic mass is 32.2. The number of hydrogen-bond acceptors (Lipinski definition) is 5. The first-order valence-corrected chi connectivity index (χ1v) is 12.2. The van der Waals surface area contributed by atoms with E-state index in [4.69, 9.17) is 0 Å². The molecule has 0 unspecified atom stereocenters. The molecule has 150 valence electrons. The lowest BCUT2D eigenvalue weighted by atomic mass is 10.3. The van der Waals surface area contributed by atoms with Crippen LogP contribution in [-0.4, -0.2) is 16.0 Å². The van der Waals surface area contributed by atoms with Gasteiger partial charge in [-0.2, -0.15) is 4.57 Å². The monoisotopic (exact) mass is 442 g/mol. The second-order valence-corrected chi connectivity index (χ2v) is 9.77. The van der Waals surface area contributed by atoms with Crippen LogP contribution in [-0.2, 0) is 13.6 Å². The third-order valence-electron chi connectivity index (χ3n) is 5.01. The number of para-hydroxylation sites is 1. The van der Waals surface area contributed by atoms with Crippen molar-refractivity contribution in [1.29, 1.82) is 0 Å². The van der Waals surface area contributed by atoms with Gasteiger partial charge in [0, 0.05) is 24.9 Å². The van der Waals surface area contributed by atoms with E-state index in [0.29, 0.717) is 6.54 Å². The number of benzene rings is 1. The van der Waals surface area contributed by atoms with E-state index in [0.717, 1.165) is 20.7 Å². The Balaban J connectivity index is 1.81. The number of fused-ring (bicyclic) bond motifs is 1. The zero-order chi connectivity index (χ0) is 20.5. The fraction of sp³-hybridized carbons (Fsp3) is 0.273. The van der Waals surface area contributed by atoms with E-state index in [2.05, 4.69) is 72.2 Å². The van der Waals surface area contributed by atoms with Crippen molar-refractivity contribution in [2.75, 3.05) is 6.54 Å². The predicted molar refractivity (Wildman–Crippen MR) is 126 cm³/mol. The Morgan fingerprint density at radius 2 is 1.90 bits per heavy atom. The lowest BCUT2D eigenvalue weighted by molar-refractivity contribution is -0.642. The van der Waals surface area contributed by atoms with Crippen LogP contribution in [0.25, 0.3) is 22.4 Å². The van der Waals surface area contributed by atoms with Crippen molar-refractivity contribution in [3.05, 3.63) is 71.0 Å². The molecule has 0 bridgehead atoms. The summed E-state index contributed by atoms with van der Waals surface area (Å²) >= 11 is 5.02. The average molecular weight is 443 g/mol. The van der Waals surface area contributed by atoms with Crippen molar-refractivity contribution in [2.24, 2.45) is 7.05 Å². The molecule has 4 rings (SSSR count). The third-order valence-corrected chi connectivity index (χ3v) is 8.31. The molecule has 3 aromatic rings. The smallest absolute Gasteiger partial charge is 0.269 e. The van der Waals surface area contributed by atoms with Crippen LogP contribution in [0.15, 0.2) is 51.3 Å². The first-order valence-electron chi connectivity index (χ1n) is 9.65. The van der Waals surface area contributed by atoms with E-state index >= 15 is 0 Å². The number of thiazole rings is 2. The zero-order valence-electron chi connectivity index (χ0n) is 17.0. The Kier molecular flexibility index (Phi) is 5.81. The van der Waals surface area contributed by atoms with Gasteiger partial charge in [-0.1, -0.05) is 35.2 Å². The van der Waals surface area contributed by atoms with Gasteiger partial charge in [0.1, 0.15) is 16.4 Å². The fourth-order valence-electron chi connectivity index (χ4n) is 3.44. The molecule has 0 spiro atoms. The lowest BCUT2D eigenvalue weighted by Crippen LogP contribution is -2.32. The summed E-state index contributed by atoms with van der Waals surface area (Å²) in [6.45, 7) is 7.88. The first kappa shape index (κ1) is 20.2. The Bertz CT molecular complexity index is 1310. The van der Waals surface area contributed by atoms with E-state index in [1.165, 1.54) is 20.9 Å². The number of aromatic nitrogens is 2. The normalized spacial score (nSPS) is 17.2. The number of aryl methyl sites for hydroxylation is 1. The Labute approximate surface area is 182 Å². The zero-order valence-corrected chi connectivity index (χ0v) is 19.5. The van der Waals surface area contributed by atoms with Crippen LogP contribution in [0.2, 0.25) is 0 Å². The standard InChI is InChI=1S/C22H24N3OS3/c1-5-24-15(3)14-27-19(24)12-11-18-22(26)25(6-2)21(29-18)13-20-23(4)16-9-7-8-10-17(16)28-20/h7-14H,5-6H2,1-4H3/q+1/b18-11+,19-12-. The van der Waals surface area contributed by atoms with Crippen molar-refractivity contribution in [3.63, 3.8) is 0 Å². The van der Waals surface area contributed by atoms with Crippen LogP contribution in [0, 0.1) is 0 Å². The highest BCUT2D eigenvalue weighted by Gasteiger charge is 2.16. The summed E-state index contributed by atoms with van der Waals surface area (Å²) in [6, 6.07) is 8.39. The first-order chi connectivity index (χ1) is 14.0. The second-order valence-electron chi connectivity index (χ2n) is 6.76. The molecule has 0 amide bonds. The van der Waals surface area contributed by atoms with Crippen molar-refractivity contribution < 1.29 is 4.57 Å². The van der Waals surface area contributed by atoms with Crippen molar-refractivity contribution in [1.82, 2.24) is 9.47 Å². The molecule has 1 aliphatic heterocycles. The Morgan fingerprint density at radius 3 is 2.62 bits per heavy atom. The van der Waals surface area contributed by atoms with E-state index < -0.39 is 0 Å². The molecule has 7 heteroatoms. The number of thioether (sulfide) groups is 1. The molecule has 1 aliphatic rings. The predicted octanol–water partition coefficient (Wildman–Crippen LogP) is 3.35. The molecular formula is C22H24N3OS3+. The van der Waals surface area contributed by atoms with Crippen LogP contribution in [0.5, 0.6) is 0 Å². The molecule has 1 aromatic carbocycles. The van der Waals surface area contributed by atoms with Gasteiger partial charge in [0.15, 0.2) is 0 Å². The minimum atomic E-state index is 0.0834. The Hall–Kier alpha value is -2.09. The molecular weight excluding hydrogens is 418 g/mol. The van der Waals surface area contributed by atoms with Gasteiger partial charge >= 0.3 is 0 Å². The molecule has 0 saturated carbocycles. The molecule has 0 aliphatic carbocycles. The maximum Gasteiger partial charge on any atom is 0.269 e. The van der Waals surface area contributed by atoms with Gasteiger partial charge in [0.05, 0.1) is 15.6 Å². The van der Waals surface area contributed by atoms with E-state index in [9.17, 15) is 4.79 Å². The van der Waals surface area contributed by atoms with E-state index in [1.807, 2.05) is 17.6 Å². The molecule has 2 aromatic heterocycles. The number of allylic oxidation sites excluding steroid dienone is 2.